The van der Waals surface area contributed by atoms with Crippen LogP contribution in [0.2, 0.25) is 0 Å². The number of hydrogen-bond donors (Lipinski definition) is 2. The molecule has 3 aliphatic rings. The molecule has 4 heterocycles. The maximum Gasteiger partial charge on any atom is 0.400 e. The first-order valence-corrected chi connectivity index (χ1v) is 14.2. The van der Waals surface area contributed by atoms with Gasteiger partial charge < -0.3 is 24.7 Å². The van der Waals surface area contributed by atoms with Gasteiger partial charge >= 0.3 is 12.2 Å². The summed E-state index contributed by atoms with van der Waals surface area (Å²) < 4.78 is 53.2. The van der Waals surface area contributed by atoms with E-state index in [1.807, 2.05) is 53.4 Å². The van der Waals surface area contributed by atoms with Gasteiger partial charge in [0.05, 0.1) is 24.6 Å². The van der Waals surface area contributed by atoms with Gasteiger partial charge in [0.15, 0.2) is 5.69 Å². The van der Waals surface area contributed by atoms with Crippen LogP contribution in [0.5, 0.6) is 0 Å². The second-order valence-corrected chi connectivity index (χ2v) is 11.2. The molecule has 1 saturated carbocycles. The normalized spacial score (nSPS) is 19.9. The average Bonchev–Trinajstić information content (AvgIpc) is 3.55. The predicted octanol–water partition coefficient (Wildman–Crippen LogP) is 4.85. The minimum absolute atomic E-state index is 0.0103. The number of rotatable bonds is 6. The molecule has 2 aromatic carbocycles. The van der Waals surface area contributed by atoms with Gasteiger partial charge in [0.1, 0.15) is 15.4 Å². The molecule has 1 atom stereocenters. The first-order valence-electron chi connectivity index (χ1n) is 13.4. The Morgan fingerprint density at radius 1 is 1.02 bits per heavy atom. The lowest BCUT2D eigenvalue weighted by atomic mass is 10.0. The molecule has 1 amide bonds. The Hall–Kier alpha value is -4.30. The van der Waals surface area contributed by atoms with Crippen LogP contribution in [0.4, 0.5) is 29.9 Å². The third-order valence-electron chi connectivity index (χ3n) is 7.49. The number of anilines is 3. The van der Waals surface area contributed by atoms with E-state index in [4.69, 9.17) is 14.1 Å². The summed E-state index contributed by atoms with van der Waals surface area (Å²) in [4.78, 5) is 24.3. The minimum atomic E-state index is -4.41. The number of thiazole rings is 1. The highest BCUT2D eigenvalue weighted by Crippen LogP contribution is 2.61. The van der Waals surface area contributed by atoms with Gasteiger partial charge in [0.2, 0.25) is 6.17 Å². The Bertz CT molecular complexity index is 1660. The number of morpholine rings is 1. The molecule has 0 radical (unpaired) electrons. The first-order chi connectivity index (χ1) is 20.3. The molecule has 2 fully saturated rings. The van der Waals surface area contributed by atoms with Gasteiger partial charge in [0.25, 0.3) is 11.8 Å². The summed E-state index contributed by atoms with van der Waals surface area (Å²) >= 11 is 1.00. The molecule has 0 unspecified atom stereocenters. The Kier molecular flexibility index (Phi) is 6.46. The smallest absolute Gasteiger partial charge is 0.400 e. The molecule has 4 aromatic rings. The van der Waals surface area contributed by atoms with Gasteiger partial charge in [-0.25, -0.2) is 9.98 Å². The van der Waals surface area contributed by atoms with Gasteiger partial charge in [-0.05, 0) is 18.9 Å². The SMILES string of the molecule is O=C1Nc2ccccc2C(c2ccccc2)=N[C@@H]1Nc1nnc(-c2nc(C3(C(F)(F)F)CC3)sc2N2CCOCC2)o1. The third-order valence-corrected chi connectivity index (χ3v) is 8.81. The molecular weight excluding hydrogens is 571 g/mol. The van der Waals surface area contributed by atoms with Crippen molar-refractivity contribution in [2.24, 2.45) is 4.99 Å². The number of alkyl halides is 3. The van der Waals surface area contributed by atoms with E-state index >= 15 is 0 Å². The molecule has 42 heavy (non-hydrogen) atoms. The van der Waals surface area contributed by atoms with Crippen molar-refractivity contribution in [2.45, 2.75) is 30.6 Å². The largest absolute Gasteiger partial charge is 0.402 e. The van der Waals surface area contributed by atoms with Crippen LogP contribution in [0.25, 0.3) is 11.6 Å². The van der Waals surface area contributed by atoms with Crippen LogP contribution in [0.15, 0.2) is 64.0 Å². The van der Waals surface area contributed by atoms with Crippen molar-refractivity contribution in [3.63, 3.8) is 0 Å². The van der Waals surface area contributed by atoms with Crippen molar-refractivity contribution < 1.29 is 27.1 Å². The number of nitrogens with one attached hydrogen (secondary N) is 2. The van der Waals surface area contributed by atoms with E-state index in [0.29, 0.717) is 42.7 Å². The van der Waals surface area contributed by atoms with Crippen molar-refractivity contribution >= 4 is 39.7 Å². The van der Waals surface area contributed by atoms with Crippen molar-refractivity contribution in [3.8, 4) is 11.6 Å². The lowest BCUT2D eigenvalue weighted by Crippen LogP contribution is -2.36. The number of amides is 1. The molecule has 1 saturated heterocycles. The fourth-order valence-electron chi connectivity index (χ4n) is 5.06. The topological polar surface area (TPSA) is 118 Å². The van der Waals surface area contributed by atoms with Gasteiger partial charge in [-0.2, -0.15) is 13.2 Å². The van der Waals surface area contributed by atoms with Gasteiger partial charge in [-0.15, -0.1) is 5.10 Å². The van der Waals surface area contributed by atoms with Crippen LogP contribution in [-0.4, -0.2) is 65.4 Å². The number of para-hydroxylation sites is 1. The van der Waals surface area contributed by atoms with E-state index < -0.39 is 23.7 Å². The van der Waals surface area contributed by atoms with Crippen molar-refractivity contribution in [3.05, 3.63) is 70.7 Å². The van der Waals surface area contributed by atoms with Gasteiger partial charge in [-0.1, -0.05) is 65.0 Å². The van der Waals surface area contributed by atoms with E-state index in [1.54, 1.807) is 6.07 Å². The fraction of sp³-hybridized carbons (Fsp3) is 0.321. The van der Waals surface area contributed by atoms with Crippen LogP contribution in [0, 0.1) is 0 Å². The highest BCUT2D eigenvalue weighted by molar-refractivity contribution is 7.16. The summed E-state index contributed by atoms with van der Waals surface area (Å²) in [7, 11) is 0. The Labute approximate surface area is 241 Å². The zero-order valence-corrected chi connectivity index (χ0v) is 22.8. The Balaban J connectivity index is 1.23. The highest BCUT2D eigenvalue weighted by Gasteiger charge is 2.66. The summed E-state index contributed by atoms with van der Waals surface area (Å²) in [6, 6.07) is 16.7. The second kappa shape index (κ2) is 10.2. The quantitative estimate of drug-likeness (QED) is 0.325. The maximum absolute atomic E-state index is 14.0. The monoisotopic (exact) mass is 595 g/mol. The highest BCUT2D eigenvalue weighted by atomic mass is 32.1. The van der Waals surface area contributed by atoms with Crippen molar-refractivity contribution in [1.82, 2.24) is 15.2 Å². The number of hydrogen-bond acceptors (Lipinski definition) is 10. The number of fused-ring (bicyclic) bond motifs is 1. The number of aliphatic imine (C=N–C) groups is 1. The number of nitrogens with zero attached hydrogens (tertiary/aromatic N) is 5. The number of halogens is 3. The van der Waals surface area contributed by atoms with E-state index in [2.05, 4.69) is 25.8 Å². The summed E-state index contributed by atoms with van der Waals surface area (Å²) in [5.41, 5.74) is 0.972. The molecule has 2 aliphatic heterocycles. The summed E-state index contributed by atoms with van der Waals surface area (Å²) in [5, 5.41) is 14.4. The molecular formula is C28H24F3N7O3S. The van der Waals surface area contributed by atoms with Crippen molar-refractivity contribution in [1.29, 1.82) is 0 Å². The molecule has 1 aliphatic carbocycles. The Morgan fingerprint density at radius 3 is 2.50 bits per heavy atom. The number of ether oxygens (including phenoxy) is 1. The Morgan fingerprint density at radius 2 is 1.76 bits per heavy atom. The fourth-order valence-corrected chi connectivity index (χ4v) is 6.43. The number of aromatic nitrogens is 3. The maximum atomic E-state index is 14.0. The third kappa shape index (κ3) is 4.69. The lowest BCUT2D eigenvalue weighted by molar-refractivity contribution is -0.160. The predicted molar refractivity (Wildman–Crippen MR) is 150 cm³/mol. The average molecular weight is 596 g/mol. The number of carbonyl (C=O) groups excluding carboxylic acids is 1. The van der Waals surface area contributed by atoms with E-state index in [1.165, 1.54) is 0 Å². The number of carbonyl (C=O) groups is 1. The van der Waals surface area contributed by atoms with Crippen LogP contribution in [-0.2, 0) is 14.9 Å². The molecule has 216 valence electrons. The number of benzene rings is 2. The first kappa shape index (κ1) is 26.6. The molecule has 0 spiro atoms. The molecule has 2 aromatic heterocycles. The summed E-state index contributed by atoms with van der Waals surface area (Å²) in [5.74, 6) is -0.497. The standard InChI is InChI=1S/C28H24F3N7O3S/c29-28(30,31)27(10-11-27)25-34-20(24(42-25)38-12-14-40-15-13-38)23-36-37-26(41-23)35-21-22(39)32-18-9-5-4-8-17(18)19(33-21)16-6-2-1-3-7-16/h1-9,21H,10-15H2,(H,32,39)(H,35,37)/t21-/m1/s1. The molecule has 10 nitrogen and oxygen atoms in total. The molecule has 14 heteroatoms. The van der Waals surface area contributed by atoms with E-state index in [0.717, 1.165) is 22.5 Å². The summed E-state index contributed by atoms with van der Waals surface area (Å²) in [6.07, 6.45) is -5.57. The van der Waals surface area contributed by atoms with Crippen molar-refractivity contribution in [2.75, 3.05) is 41.8 Å². The summed E-state index contributed by atoms with van der Waals surface area (Å²) in [6.45, 7) is 1.86. The van der Waals surface area contributed by atoms with Crippen LogP contribution < -0.4 is 15.5 Å². The van der Waals surface area contributed by atoms with Gasteiger partial charge in [-0.3, -0.25) is 4.79 Å². The van der Waals surface area contributed by atoms with Crippen LogP contribution >= 0.6 is 11.3 Å². The molecule has 2 N–H and O–H groups in total. The van der Waals surface area contributed by atoms with E-state index in [9.17, 15) is 18.0 Å². The molecule has 7 rings (SSSR count). The molecule has 0 bridgehead atoms. The van der Waals surface area contributed by atoms with Crippen LogP contribution in [0.1, 0.15) is 29.0 Å². The van der Waals surface area contributed by atoms with Gasteiger partial charge in [0, 0.05) is 24.2 Å². The zero-order valence-electron chi connectivity index (χ0n) is 22.0. The number of benzodiazepines with no additional fused rings is 1. The van der Waals surface area contributed by atoms with E-state index in [-0.39, 0.29) is 35.4 Å². The lowest BCUT2D eigenvalue weighted by Gasteiger charge is -2.27. The zero-order chi connectivity index (χ0) is 28.9. The second-order valence-electron chi connectivity index (χ2n) is 10.2. The minimum Gasteiger partial charge on any atom is -0.402 e. The van der Waals surface area contributed by atoms with Crippen LogP contribution in [0.3, 0.4) is 0 Å².